The zero-order chi connectivity index (χ0) is 17.4. The van der Waals surface area contributed by atoms with Gasteiger partial charge in [-0.25, -0.2) is 9.48 Å². The highest BCUT2D eigenvalue weighted by molar-refractivity contribution is 5.77. The second kappa shape index (κ2) is 5.94. The maximum Gasteiger partial charge on any atom is 0.328 e. The van der Waals surface area contributed by atoms with Crippen LogP contribution in [0, 0.1) is 0 Å². The van der Waals surface area contributed by atoms with E-state index >= 15 is 0 Å². The number of hydrogen-bond donors (Lipinski definition) is 0. The Bertz CT molecular complexity index is 1090. The van der Waals surface area contributed by atoms with E-state index in [0.29, 0.717) is 12.4 Å². The second-order valence-corrected chi connectivity index (χ2v) is 5.83. The summed E-state index contributed by atoms with van der Waals surface area (Å²) in [5.74, 6) is 0.683. The molecule has 4 aromatic rings. The Kier molecular flexibility index (Phi) is 3.61. The van der Waals surface area contributed by atoms with Gasteiger partial charge in [-0.2, -0.15) is 0 Å². The molecule has 2 aromatic heterocycles. The molecule has 0 amide bonds. The van der Waals surface area contributed by atoms with E-state index in [-0.39, 0.29) is 5.69 Å². The minimum Gasteiger partial charge on any atom is -0.487 e. The number of ether oxygens (including phenoxy) is 1. The molecule has 0 bridgehead atoms. The summed E-state index contributed by atoms with van der Waals surface area (Å²) in [6.45, 7) is 0.305. The van der Waals surface area contributed by atoms with E-state index in [1.807, 2.05) is 54.7 Å². The fourth-order valence-corrected chi connectivity index (χ4v) is 2.81. The first-order valence-electron chi connectivity index (χ1n) is 7.88. The molecule has 0 fully saturated rings. The van der Waals surface area contributed by atoms with Gasteiger partial charge in [0, 0.05) is 20.2 Å². The monoisotopic (exact) mass is 335 g/mol. The summed E-state index contributed by atoms with van der Waals surface area (Å²) in [5.41, 5.74) is 3.32. The van der Waals surface area contributed by atoms with E-state index in [2.05, 4.69) is 10.3 Å². The van der Waals surface area contributed by atoms with Gasteiger partial charge in [0.1, 0.15) is 18.1 Å². The van der Waals surface area contributed by atoms with Crippen molar-refractivity contribution in [2.24, 2.45) is 14.1 Å². The summed E-state index contributed by atoms with van der Waals surface area (Å²) in [4.78, 5) is 12.0. The Hall–Kier alpha value is -3.35. The quantitative estimate of drug-likeness (QED) is 0.572. The van der Waals surface area contributed by atoms with Crippen LogP contribution in [0.25, 0.3) is 16.7 Å². The van der Waals surface area contributed by atoms with Gasteiger partial charge in [-0.1, -0.05) is 23.4 Å². The SMILES string of the molecule is Cn1c(=O)n(C)c2cc(OCc3cn(-c4ccccc4)nn3)ccc21. The highest BCUT2D eigenvalue weighted by atomic mass is 16.5. The number of aromatic nitrogens is 5. The van der Waals surface area contributed by atoms with Crippen LogP contribution in [0.3, 0.4) is 0 Å². The van der Waals surface area contributed by atoms with Gasteiger partial charge < -0.3 is 4.74 Å². The number of rotatable bonds is 4. The van der Waals surface area contributed by atoms with Gasteiger partial charge in [0.25, 0.3) is 0 Å². The molecule has 126 valence electrons. The molecule has 0 atom stereocenters. The second-order valence-electron chi connectivity index (χ2n) is 5.83. The van der Waals surface area contributed by atoms with Gasteiger partial charge in [0.15, 0.2) is 0 Å². The van der Waals surface area contributed by atoms with E-state index in [0.717, 1.165) is 22.4 Å². The molecule has 4 rings (SSSR count). The molecule has 7 heteroatoms. The summed E-state index contributed by atoms with van der Waals surface area (Å²) < 4.78 is 10.7. The minimum absolute atomic E-state index is 0.0574. The zero-order valence-electron chi connectivity index (χ0n) is 14.0. The first-order chi connectivity index (χ1) is 12.1. The molecule has 0 N–H and O–H groups in total. The van der Waals surface area contributed by atoms with Crippen molar-refractivity contribution in [1.29, 1.82) is 0 Å². The molecular weight excluding hydrogens is 318 g/mol. The zero-order valence-corrected chi connectivity index (χ0v) is 14.0. The van der Waals surface area contributed by atoms with Crippen LogP contribution < -0.4 is 10.4 Å². The van der Waals surface area contributed by atoms with Crippen LogP contribution in [-0.2, 0) is 20.7 Å². The van der Waals surface area contributed by atoms with Crippen molar-refractivity contribution in [3.8, 4) is 11.4 Å². The predicted octanol–water partition coefficient (Wildman–Crippen LogP) is 2.04. The summed E-state index contributed by atoms with van der Waals surface area (Å²) in [6, 6.07) is 15.4. The molecule has 0 aliphatic rings. The number of nitrogens with zero attached hydrogens (tertiary/aromatic N) is 5. The van der Waals surface area contributed by atoms with Crippen molar-refractivity contribution >= 4 is 11.0 Å². The topological polar surface area (TPSA) is 66.9 Å². The molecule has 0 spiro atoms. The van der Waals surface area contributed by atoms with Crippen LogP contribution in [-0.4, -0.2) is 24.1 Å². The van der Waals surface area contributed by atoms with E-state index in [4.69, 9.17) is 4.74 Å². The third kappa shape index (κ3) is 2.69. The van der Waals surface area contributed by atoms with Crippen LogP contribution >= 0.6 is 0 Å². The fraction of sp³-hybridized carbons (Fsp3) is 0.167. The Balaban J connectivity index is 1.54. The number of fused-ring (bicyclic) bond motifs is 1. The summed E-state index contributed by atoms with van der Waals surface area (Å²) in [7, 11) is 3.51. The predicted molar refractivity (Wildman–Crippen MR) is 93.9 cm³/mol. The number of aryl methyl sites for hydroxylation is 2. The fourth-order valence-electron chi connectivity index (χ4n) is 2.81. The molecule has 7 nitrogen and oxygen atoms in total. The van der Waals surface area contributed by atoms with Crippen LogP contribution in [0.1, 0.15) is 5.69 Å². The van der Waals surface area contributed by atoms with Crippen molar-refractivity contribution in [3.05, 3.63) is 70.9 Å². The molecule has 0 aliphatic heterocycles. The van der Waals surface area contributed by atoms with Crippen LogP contribution in [0.2, 0.25) is 0 Å². The highest BCUT2D eigenvalue weighted by Gasteiger charge is 2.09. The largest absolute Gasteiger partial charge is 0.487 e. The van der Waals surface area contributed by atoms with Crippen LogP contribution in [0.5, 0.6) is 5.75 Å². The molecule has 0 unspecified atom stereocenters. The molecule has 2 aromatic carbocycles. The van der Waals surface area contributed by atoms with Gasteiger partial charge in [0.05, 0.1) is 22.9 Å². The van der Waals surface area contributed by atoms with E-state index in [1.165, 1.54) is 0 Å². The Morgan fingerprint density at radius 1 is 1.00 bits per heavy atom. The van der Waals surface area contributed by atoms with Gasteiger partial charge in [-0.15, -0.1) is 5.10 Å². The average Bonchev–Trinajstić information content (AvgIpc) is 3.21. The van der Waals surface area contributed by atoms with Crippen molar-refractivity contribution < 1.29 is 4.74 Å². The molecule has 0 aliphatic carbocycles. The van der Waals surface area contributed by atoms with E-state index in [1.54, 1.807) is 27.9 Å². The lowest BCUT2D eigenvalue weighted by Crippen LogP contribution is -2.19. The van der Waals surface area contributed by atoms with Gasteiger partial charge in [-0.05, 0) is 24.3 Å². The highest BCUT2D eigenvalue weighted by Crippen LogP contribution is 2.20. The van der Waals surface area contributed by atoms with Gasteiger partial charge in [-0.3, -0.25) is 9.13 Å². The molecule has 0 saturated heterocycles. The standard InChI is InChI=1S/C18H17N5O2/c1-21-16-9-8-15(10-17(16)22(2)18(21)24)25-12-13-11-23(20-19-13)14-6-4-3-5-7-14/h3-11H,12H2,1-2H3. The normalized spacial score (nSPS) is 11.1. The molecule has 25 heavy (non-hydrogen) atoms. The molecule has 2 heterocycles. The summed E-state index contributed by atoms with van der Waals surface area (Å²) >= 11 is 0. The summed E-state index contributed by atoms with van der Waals surface area (Å²) in [6.07, 6.45) is 1.84. The third-order valence-electron chi connectivity index (χ3n) is 4.19. The van der Waals surface area contributed by atoms with Crippen LogP contribution in [0.4, 0.5) is 0 Å². The van der Waals surface area contributed by atoms with Crippen LogP contribution in [0.15, 0.2) is 59.5 Å². The lowest BCUT2D eigenvalue weighted by Gasteiger charge is -2.04. The first-order valence-corrected chi connectivity index (χ1v) is 7.88. The summed E-state index contributed by atoms with van der Waals surface area (Å²) in [5, 5.41) is 8.25. The Labute approximate surface area is 143 Å². The maximum atomic E-state index is 12.0. The van der Waals surface area contributed by atoms with Crippen molar-refractivity contribution in [2.45, 2.75) is 6.61 Å². The lowest BCUT2D eigenvalue weighted by molar-refractivity contribution is 0.301. The average molecular weight is 335 g/mol. The van der Waals surface area contributed by atoms with Crippen molar-refractivity contribution in [2.75, 3.05) is 0 Å². The van der Waals surface area contributed by atoms with Gasteiger partial charge in [0.2, 0.25) is 0 Å². The smallest absolute Gasteiger partial charge is 0.328 e. The van der Waals surface area contributed by atoms with Crippen molar-refractivity contribution in [1.82, 2.24) is 24.1 Å². The number of imidazole rings is 1. The Morgan fingerprint density at radius 2 is 1.76 bits per heavy atom. The first kappa shape index (κ1) is 15.2. The van der Waals surface area contributed by atoms with E-state index < -0.39 is 0 Å². The third-order valence-corrected chi connectivity index (χ3v) is 4.19. The molecule has 0 radical (unpaired) electrons. The lowest BCUT2D eigenvalue weighted by atomic mass is 10.3. The Morgan fingerprint density at radius 3 is 2.56 bits per heavy atom. The van der Waals surface area contributed by atoms with Gasteiger partial charge >= 0.3 is 5.69 Å². The van der Waals surface area contributed by atoms with E-state index in [9.17, 15) is 4.79 Å². The van der Waals surface area contributed by atoms with Crippen molar-refractivity contribution in [3.63, 3.8) is 0 Å². The molecule has 0 saturated carbocycles. The maximum absolute atomic E-state index is 12.0. The number of benzene rings is 2. The molecular formula is C18H17N5O2. The number of hydrogen-bond acceptors (Lipinski definition) is 4. The minimum atomic E-state index is -0.0574. The number of para-hydroxylation sites is 1.